The summed E-state index contributed by atoms with van der Waals surface area (Å²) >= 11 is 3.39. The third kappa shape index (κ3) is 3.44. The Hall–Kier alpha value is -1.62. The number of amides is 1. The smallest absolute Gasteiger partial charge is 0.268 e. The molecule has 0 aliphatic rings. The number of hydrogen-bond acceptors (Lipinski definition) is 2. The van der Waals surface area contributed by atoms with Gasteiger partial charge in [-0.05, 0) is 47.5 Å². The Morgan fingerprint density at radius 3 is 2.89 bits per heavy atom. The first-order valence-corrected chi connectivity index (χ1v) is 6.95. The van der Waals surface area contributed by atoms with Gasteiger partial charge in [0.25, 0.3) is 5.91 Å². The number of aromatic nitrogens is 2. The molecule has 2 aromatic rings. The summed E-state index contributed by atoms with van der Waals surface area (Å²) < 4.78 is 2.82. The number of nitrogens with zero attached hydrogens (tertiary/aromatic N) is 2. The Kier molecular flexibility index (Phi) is 4.37. The van der Waals surface area contributed by atoms with Gasteiger partial charge in [0.2, 0.25) is 0 Å². The fraction of sp³-hybridized carbons (Fsp3) is 0.286. The highest BCUT2D eigenvalue weighted by atomic mass is 79.9. The molecule has 0 radical (unpaired) electrons. The summed E-state index contributed by atoms with van der Waals surface area (Å²) in [7, 11) is 0. The number of pyridine rings is 1. The van der Waals surface area contributed by atoms with Gasteiger partial charge in [0, 0.05) is 35.6 Å². The van der Waals surface area contributed by atoms with Crippen molar-refractivity contribution >= 4 is 21.8 Å². The minimum Gasteiger partial charge on any atom is -0.347 e. The molecular formula is C14H16BrN3O. The summed E-state index contributed by atoms with van der Waals surface area (Å²) in [5, 5.41) is 2.90. The van der Waals surface area contributed by atoms with Crippen LogP contribution in [-0.4, -0.2) is 15.5 Å². The monoisotopic (exact) mass is 321 g/mol. The van der Waals surface area contributed by atoms with Crippen molar-refractivity contribution < 1.29 is 4.79 Å². The van der Waals surface area contributed by atoms with Crippen LogP contribution in [0.5, 0.6) is 0 Å². The summed E-state index contributed by atoms with van der Waals surface area (Å²) in [4.78, 5) is 16.3. The minimum atomic E-state index is -0.0758. The summed E-state index contributed by atoms with van der Waals surface area (Å²) in [5.41, 5.74) is 2.63. The molecule has 0 fully saturated rings. The predicted molar refractivity (Wildman–Crippen MR) is 78.0 cm³/mol. The van der Waals surface area contributed by atoms with Crippen molar-refractivity contribution in [2.75, 3.05) is 0 Å². The van der Waals surface area contributed by atoms with Gasteiger partial charge in [-0.1, -0.05) is 6.07 Å². The van der Waals surface area contributed by atoms with E-state index in [4.69, 9.17) is 0 Å². The van der Waals surface area contributed by atoms with E-state index in [1.807, 2.05) is 42.8 Å². The maximum atomic E-state index is 12.1. The van der Waals surface area contributed by atoms with Crippen LogP contribution in [0, 0.1) is 6.92 Å². The van der Waals surface area contributed by atoms with Crippen molar-refractivity contribution in [3.63, 3.8) is 0 Å². The highest BCUT2D eigenvalue weighted by Gasteiger charge is 2.11. The molecular weight excluding hydrogens is 306 g/mol. The normalized spacial score (nSPS) is 10.5. The van der Waals surface area contributed by atoms with Crippen molar-refractivity contribution in [1.82, 2.24) is 14.9 Å². The Labute approximate surface area is 121 Å². The molecule has 19 heavy (non-hydrogen) atoms. The average Bonchev–Trinajstić information content (AvgIpc) is 2.79. The van der Waals surface area contributed by atoms with E-state index in [0.717, 1.165) is 22.3 Å². The molecule has 2 rings (SSSR count). The van der Waals surface area contributed by atoms with Crippen molar-refractivity contribution in [3.8, 4) is 0 Å². The van der Waals surface area contributed by atoms with E-state index < -0.39 is 0 Å². The SMILES string of the molecule is CCn1cc(Br)cc1C(=O)NCc1ccc(C)nc1. The Balaban J connectivity index is 2.03. The zero-order valence-corrected chi connectivity index (χ0v) is 12.6. The minimum absolute atomic E-state index is 0.0758. The van der Waals surface area contributed by atoms with Crippen LogP contribution in [0.3, 0.4) is 0 Å². The van der Waals surface area contributed by atoms with Crippen LogP contribution < -0.4 is 5.32 Å². The van der Waals surface area contributed by atoms with Crippen molar-refractivity contribution in [1.29, 1.82) is 0 Å². The van der Waals surface area contributed by atoms with Crippen molar-refractivity contribution in [2.45, 2.75) is 26.9 Å². The predicted octanol–water partition coefficient (Wildman–Crippen LogP) is 2.90. The van der Waals surface area contributed by atoms with Gasteiger partial charge in [-0.25, -0.2) is 0 Å². The van der Waals surface area contributed by atoms with Gasteiger partial charge in [-0.2, -0.15) is 0 Å². The fourth-order valence-electron chi connectivity index (χ4n) is 1.80. The summed E-state index contributed by atoms with van der Waals surface area (Å²) in [6.07, 6.45) is 3.69. The quantitative estimate of drug-likeness (QED) is 0.941. The maximum absolute atomic E-state index is 12.1. The lowest BCUT2D eigenvalue weighted by atomic mass is 10.2. The van der Waals surface area contributed by atoms with Gasteiger partial charge in [-0.3, -0.25) is 9.78 Å². The molecule has 2 aromatic heterocycles. The van der Waals surface area contributed by atoms with Crippen LogP contribution in [0.15, 0.2) is 35.1 Å². The second kappa shape index (κ2) is 6.02. The van der Waals surface area contributed by atoms with E-state index in [9.17, 15) is 4.79 Å². The van der Waals surface area contributed by atoms with E-state index >= 15 is 0 Å². The third-order valence-corrected chi connectivity index (χ3v) is 3.30. The topological polar surface area (TPSA) is 46.9 Å². The maximum Gasteiger partial charge on any atom is 0.268 e. The molecule has 5 heteroatoms. The second-order valence-corrected chi connectivity index (χ2v) is 5.24. The zero-order valence-electron chi connectivity index (χ0n) is 11.0. The highest BCUT2D eigenvalue weighted by molar-refractivity contribution is 9.10. The molecule has 0 aromatic carbocycles. The summed E-state index contributed by atoms with van der Waals surface area (Å²) in [6, 6.07) is 5.73. The number of rotatable bonds is 4. The molecule has 0 saturated carbocycles. The van der Waals surface area contributed by atoms with Gasteiger partial charge in [-0.15, -0.1) is 0 Å². The van der Waals surface area contributed by atoms with Gasteiger partial charge in [0.05, 0.1) is 0 Å². The first kappa shape index (κ1) is 13.8. The number of nitrogens with one attached hydrogen (secondary N) is 1. The lowest BCUT2D eigenvalue weighted by molar-refractivity contribution is 0.0941. The van der Waals surface area contributed by atoms with Crippen LogP contribution in [0.1, 0.15) is 28.7 Å². The largest absolute Gasteiger partial charge is 0.347 e. The third-order valence-electron chi connectivity index (χ3n) is 2.86. The standard InChI is InChI=1S/C14H16BrN3O/c1-3-18-9-12(15)6-13(18)14(19)17-8-11-5-4-10(2)16-7-11/h4-7,9H,3,8H2,1-2H3,(H,17,19). The fourth-order valence-corrected chi connectivity index (χ4v) is 2.27. The van der Waals surface area contributed by atoms with Crippen LogP contribution >= 0.6 is 15.9 Å². The van der Waals surface area contributed by atoms with Crippen molar-refractivity contribution in [2.24, 2.45) is 0 Å². The van der Waals surface area contributed by atoms with E-state index in [-0.39, 0.29) is 5.91 Å². The molecule has 100 valence electrons. The number of hydrogen-bond donors (Lipinski definition) is 1. The van der Waals surface area contributed by atoms with Gasteiger partial charge >= 0.3 is 0 Å². The number of aryl methyl sites for hydroxylation is 2. The summed E-state index contributed by atoms with van der Waals surface area (Å²) in [6.45, 7) is 5.19. The lowest BCUT2D eigenvalue weighted by Crippen LogP contribution is -2.25. The lowest BCUT2D eigenvalue weighted by Gasteiger charge is -2.07. The molecule has 4 nitrogen and oxygen atoms in total. The number of carbonyl (C=O) groups excluding carboxylic acids is 1. The highest BCUT2D eigenvalue weighted by Crippen LogP contribution is 2.15. The first-order chi connectivity index (χ1) is 9.10. The van der Waals surface area contributed by atoms with E-state index in [0.29, 0.717) is 12.2 Å². The molecule has 0 atom stereocenters. The average molecular weight is 322 g/mol. The van der Waals surface area contributed by atoms with E-state index in [1.165, 1.54) is 0 Å². The zero-order chi connectivity index (χ0) is 13.8. The van der Waals surface area contributed by atoms with Gasteiger partial charge in [0.15, 0.2) is 0 Å². The van der Waals surface area contributed by atoms with Gasteiger partial charge < -0.3 is 9.88 Å². The number of carbonyl (C=O) groups is 1. The Bertz CT molecular complexity index is 575. The molecule has 0 bridgehead atoms. The molecule has 1 N–H and O–H groups in total. The molecule has 1 amide bonds. The second-order valence-electron chi connectivity index (χ2n) is 4.32. The molecule has 2 heterocycles. The van der Waals surface area contributed by atoms with E-state index in [2.05, 4.69) is 26.2 Å². The molecule has 0 spiro atoms. The van der Waals surface area contributed by atoms with Crippen LogP contribution in [0.2, 0.25) is 0 Å². The number of halogens is 1. The molecule has 0 unspecified atom stereocenters. The van der Waals surface area contributed by atoms with Crippen LogP contribution in [0.4, 0.5) is 0 Å². The molecule has 0 aliphatic heterocycles. The Morgan fingerprint density at radius 1 is 1.47 bits per heavy atom. The first-order valence-electron chi connectivity index (χ1n) is 6.15. The van der Waals surface area contributed by atoms with Crippen molar-refractivity contribution in [3.05, 3.63) is 52.0 Å². The van der Waals surface area contributed by atoms with Crippen LogP contribution in [0.25, 0.3) is 0 Å². The summed E-state index contributed by atoms with van der Waals surface area (Å²) in [5.74, 6) is -0.0758. The molecule has 0 saturated heterocycles. The Morgan fingerprint density at radius 2 is 2.26 bits per heavy atom. The van der Waals surface area contributed by atoms with Gasteiger partial charge in [0.1, 0.15) is 5.69 Å². The molecule has 0 aliphatic carbocycles. The van der Waals surface area contributed by atoms with E-state index in [1.54, 1.807) is 6.20 Å². The van der Waals surface area contributed by atoms with Crippen LogP contribution in [-0.2, 0) is 13.1 Å².